The molecule has 0 spiro atoms. The van der Waals surface area contributed by atoms with Gasteiger partial charge in [0.25, 0.3) is 0 Å². The molecular formula is C18H29N3. The molecule has 3 heteroatoms. The van der Waals surface area contributed by atoms with Gasteiger partial charge in [-0.15, -0.1) is 0 Å². The molecule has 0 aromatic carbocycles. The summed E-state index contributed by atoms with van der Waals surface area (Å²) in [5.74, 6) is 0.562. The van der Waals surface area contributed by atoms with E-state index < -0.39 is 0 Å². The van der Waals surface area contributed by atoms with Crippen molar-refractivity contribution >= 4 is 0 Å². The number of nitrogens with zero attached hydrogens (tertiary/aromatic N) is 2. The Bertz CT molecular complexity index is 477. The molecule has 2 unspecified atom stereocenters. The van der Waals surface area contributed by atoms with Gasteiger partial charge in [-0.05, 0) is 58.5 Å². The highest BCUT2D eigenvalue weighted by molar-refractivity contribution is 5.31. The van der Waals surface area contributed by atoms with E-state index in [1.807, 2.05) is 6.20 Å². The second kappa shape index (κ2) is 6.05. The molecule has 1 N–H and O–H groups in total. The predicted octanol–water partition coefficient (Wildman–Crippen LogP) is 2.96. The summed E-state index contributed by atoms with van der Waals surface area (Å²) in [5, 5.41) is 3.70. The maximum absolute atomic E-state index is 4.74. The van der Waals surface area contributed by atoms with Gasteiger partial charge in [0, 0.05) is 29.4 Å². The Labute approximate surface area is 129 Å². The monoisotopic (exact) mass is 287 g/mol. The predicted molar refractivity (Wildman–Crippen MR) is 87.6 cm³/mol. The molecule has 2 aliphatic rings. The minimum Gasteiger partial charge on any atom is -0.315 e. The number of aryl methyl sites for hydroxylation is 1. The maximum atomic E-state index is 4.74. The first-order valence-corrected chi connectivity index (χ1v) is 8.47. The van der Waals surface area contributed by atoms with Crippen molar-refractivity contribution in [2.75, 3.05) is 21.1 Å². The minimum atomic E-state index is 0.288. The molecule has 1 heterocycles. The van der Waals surface area contributed by atoms with E-state index in [0.717, 1.165) is 0 Å². The Hall–Kier alpha value is -0.930. The van der Waals surface area contributed by atoms with E-state index in [-0.39, 0.29) is 5.54 Å². The van der Waals surface area contributed by atoms with Crippen molar-refractivity contribution in [1.82, 2.24) is 15.2 Å². The van der Waals surface area contributed by atoms with Crippen molar-refractivity contribution in [1.29, 1.82) is 0 Å². The van der Waals surface area contributed by atoms with Crippen LogP contribution in [0, 0.1) is 0 Å². The molecule has 3 nitrogen and oxygen atoms in total. The highest BCUT2D eigenvalue weighted by atomic mass is 15.2. The number of hydrogen-bond acceptors (Lipinski definition) is 3. The summed E-state index contributed by atoms with van der Waals surface area (Å²) < 4.78 is 0. The molecule has 2 aliphatic carbocycles. The first-order valence-electron chi connectivity index (χ1n) is 8.47. The van der Waals surface area contributed by atoms with Gasteiger partial charge in [0.1, 0.15) is 0 Å². The number of likely N-dealkylation sites (N-methyl/N-ethyl adjacent to an activating group) is 2. The Morgan fingerprint density at radius 1 is 1.29 bits per heavy atom. The van der Waals surface area contributed by atoms with Gasteiger partial charge in [0.15, 0.2) is 0 Å². The van der Waals surface area contributed by atoms with Crippen molar-refractivity contribution in [3.05, 3.63) is 29.6 Å². The van der Waals surface area contributed by atoms with Crippen LogP contribution in [-0.2, 0) is 6.42 Å². The van der Waals surface area contributed by atoms with Crippen LogP contribution in [0.5, 0.6) is 0 Å². The molecular weight excluding hydrogens is 258 g/mol. The van der Waals surface area contributed by atoms with Crippen LogP contribution in [-0.4, -0.2) is 42.6 Å². The van der Waals surface area contributed by atoms with Crippen molar-refractivity contribution < 1.29 is 0 Å². The van der Waals surface area contributed by atoms with E-state index in [1.54, 1.807) is 0 Å². The minimum absolute atomic E-state index is 0.288. The lowest BCUT2D eigenvalue weighted by Gasteiger charge is -2.50. The molecule has 2 atom stereocenters. The van der Waals surface area contributed by atoms with Crippen molar-refractivity contribution in [2.45, 2.75) is 62.4 Å². The maximum Gasteiger partial charge on any atom is 0.0482 e. The zero-order valence-electron chi connectivity index (χ0n) is 13.7. The van der Waals surface area contributed by atoms with Gasteiger partial charge >= 0.3 is 0 Å². The number of pyridine rings is 1. The van der Waals surface area contributed by atoms with Crippen LogP contribution < -0.4 is 5.32 Å². The van der Waals surface area contributed by atoms with Crippen LogP contribution >= 0.6 is 0 Å². The van der Waals surface area contributed by atoms with Gasteiger partial charge in [-0.1, -0.05) is 25.3 Å². The van der Waals surface area contributed by atoms with Gasteiger partial charge in [-0.25, -0.2) is 0 Å². The van der Waals surface area contributed by atoms with Gasteiger partial charge < -0.3 is 10.2 Å². The average molecular weight is 287 g/mol. The van der Waals surface area contributed by atoms with Crippen LogP contribution in [0.4, 0.5) is 0 Å². The highest BCUT2D eigenvalue weighted by Crippen LogP contribution is 2.44. The number of fused-ring (bicyclic) bond motifs is 1. The van der Waals surface area contributed by atoms with E-state index in [1.165, 1.54) is 56.2 Å². The summed E-state index contributed by atoms with van der Waals surface area (Å²) in [6, 6.07) is 4.85. The standard InChI is InChI=1S/C18H29N3/c1-19-17(18(21(2)3)11-5-4-6-12-18)15-10-9-14-8-7-13-20-16(14)15/h7-8,13,15,17,19H,4-6,9-12H2,1-3H3. The molecule has 0 aliphatic heterocycles. The zero-order valence-corrected chi connectivity index (χ0v) is 13.7. The lowest BCUT2D eigenvalue weighted by atomic mass is 9.70. The number of nitrogens with one attached hydrogen (secondary N) is 1. The van der Waals surface area contributed by atoms with Gasteiger partial charge in [-0.3, -0.25) is 4.98 Å². The molecule has 1 saturated carbocycles. The lowest BCUT2D eigenvalue weighted by Crippen LogP contribution is -2.61. The van der Waals surface area contributed by atoms with E-state index in [9.17, 15) is 0 Å². The molecule has 0 bridgehead atoms. The first-order chi connectivity index (χ1) is 10.2. The van der Waals surface area contributed by atoms with Gasteiger partial charge in [-0.2, -0.15) is 0 Å². The van der Waals surface area contributed by atoms with Crippen LogP contribution in [0.1, 0.15) is 55.7 Å². The van der Waals surface area contributed by atoms with E-state index in [0.29, 0.717) is 12.0 Å². The number of rotatable bonds is 4. The fourth-order valence-corrected chi connectivity index (χ4v) is 4.81. The van der Waals surface area contributed by atoms with Crippen molar-refractivity contribution in [3.8, 4) is 0 Å². The third-order valence-electron chi connectivity index (χ3n) is 5.90. The fraction of sp³-hybridized carbons (Fsp3) is 0.722. The third-order valence-corrected chi connectivity index (χ3v) is 5.90. The van der Waals surface area contributed by atoms with Crippen LogP contribution in [0.3, 0.4) is 0 Å². The van der Waals surface area contributed by atoms with Crippen molar-refractivity contribution in [2.24, 2.45) is 0 Å². The Kier molecular flexibility index (Phi) is 4.32. The average Bonchev–Trinajstić information content (AvgIpc) is 2.93. The molecule has 116 valence electrons. The van der Waals surface area contributed by atoms with Gasteiger partial charge in [0.05, 0.1) is 0 Å². The summed E-state index contributed by atoms with van der Waals surface area (Å²) >= 11 is 0. The molecule has 1 aromatic rings. The normalized spacial score (nSPS) is 25.8. The fourth-order valence-electron chi connectivity index (χ4n) is 4.81. The van der Waals surface area contributed by atoms with Crippen LogP contribution in [0.2, 0.25) is 0 Å². The van der Waals surface area contributed by atoms with Gasteiger partial charge in [0.2, 0.25) is 0 Å². The summed E-state index contributed by atoms with van der Waals surface area (Å²) in [6.45, 7) is 0. The molecule has 21 heavy (non-hydrogen) atoms. The number of aromatic nitrogens is 1. The zero-order chi connectivity index (χ0) is 14.9. The summed E-state index contributed by atoms with van der Waals surface area (Å²) in [6.07, 6.45) is 11.1. The topological polar surface area (TPSA) is 28.2 Å². The Morgan fingerprint density at radius 2 is 2.05 bits per heavy atom. The molecule has 0 radical (unpaired) electrons. The van der Waals surface area contributed by atoms with E-state index in [2.05, 4.69) is 43.5 Å². The molecule has 0 amide bonds. The summed E-state index contributed by atoms with van der Waals surface area (Å²) in [7, 11) is 6.68. The summed E-state index contributed by atoms with van der Waals surface area (Å²) in [5.41, 5.74) is 3.10. The Morgan fingerprint density at radius 3 is 2.71 bits per heavy atom. The smallest absolute Gasteiger partial charge is 0.0482 e. The molecule has 1 aromatic heterocycles. The quantitative estimate of drug-likeness (QED) is 0.923. The molecule has 1 fully saturated rings. The lowest BCUT2D eigenvalue weighted by molar-refractivity contribution is 0.0483. The molecule has 3 rings (SSSR count). The second-order valence-corrected chi connectivity index (χ2v) is 7.02. The first kappa shape index (κ1) is 15.0. The third kappa shape index (κ3) is 2.51. The highest BCUT2D eigenvalue weighted by Gasteiger charge is 2.46. The van der Waals surface area contributed by atoms with E-state index in [4.69, 9.17) is 4.98 Å². The van der Waals surface area contributed by atoms with Crippen molar-refractivity contribution in [3.63, 3.8) is 0 Å². The Balaban J connectivity index is 1.94. The van der Waals surface area contributed by atoms with E-state index >= 15 is 0 Å². The molecule has 0 saturated heterocycles. The SMILES string of the molecule is CNC(C1CCc2cccnc21)C1(N(C)C)CCCCC1. The van der Waals surface area contributed by atoms with Crippen LogP contribution in [0.15, 0.2) is 18.3 Å². The second-order valence-electron chi connectivity index (χ2n) is 7.02. The number of hydrogen-bond donors (Lipinski definition) is 1. The largest absolute Gasteiger partial charge is 0.315 e. The van der Waals surface area contributed by atoms with Crippen LogP contribution in [0.25, 0.3) is 0 Å². The summed E-state index contributed by atoms with van der Waals surface area (Å²) in [4.78, 5) is 7.23.